The summed E-state index contributed by atoms with van der Waals surface area (Å²) >= 11 is 0. The highest BCUT2D eigenvalue weighted by Gasteiger charge is 2.46. The number of fused-ring (bicyclic) bond motifs is 1. The number of ether oxygens (including phenoxy) is 1. The van der Waals surface area contributed by atoms with Crippen molar-refractivity contribution < 1.29 is 28.3 Å². The predicted octanol–water partition coefficient (Wildman–Crippen LogP) is -0.311. The van der Waals surface area contributed by atoms with Crippen LogP contribution >= 0.6 is 0 Å². The van der Waals surface area contributed by atoms with Crippen LogP contribution in [0.25, 0.3) is 0 Å². The molecule has 0 aromatic heterocycles. The number of halogens is 2. The SMILES string of the molecule is O=C(N[C@@H]1COC2CC(C3NOC(C(F)F)N3)CCC21)C1CCNC(CO)C1. The molecule has 4 fully saturated rings. The molecule has 0 aromatic rings. The quantitative estimate of drug-likeness (QED) is 0.428. The Labute approximate surface area is 163 Å². The van der Waals surface area contributed by atoms with Crippen molar-refractivity contribution in [2.75, 3.05) is 19.8 Å². The van der Waals surface area contributed by atoms with Crippen LogP contribution in [0.2, 0.25) is 0 Å². The molecule has 3 heterocycles. The van der Waals surface area contributed by atoms with E-state index in [9.17, 15) is 18.7 Å². The van der Waals surface area contributed by atoms with Crippen LogP contribution in [-0.2, 0) is 14.4 Å². The highest BCUT2D eigenvalue weighted by Crippen LogP contribution is 2.39. The van der Waals surface area contributed by atoms with Crippen molar-refractivity contribution >= 4 is 5.91 Å². The number of aliphatic hydroxyl groups is 1. The van der Waals surface area contributed by atoms with E-state index in [0.29, 0.717) is 13.0 Å². The lowest BCUT2D eigenvalue weighted by atomic mass is 9.76. The van der Waals surface area contributed by atoms with E-state index in [-0.39, 0.29) is 54.6 Å². The summed E-state index contributed by atoms with van der Waals surface area (Å²) < 4.78 is 31.5. The predicted molar refractivity (Wildman–Crippen MR) is 95.0 cm³/mol. The molecule has 28 heavy (non-hydrogen) atoms. The Bertz CT molecular complexity index is 558. The molecule has 0 bridgehead atoms. The van der Waals surface area contributed by atoms with Crippen molar-refractivity contribution in [1.82, 2.24) is 21.4 Å². The van der Waals surface area contributed by atoms with Crippen molar-refractivity contribution in [1.29, 1.82) is 0 Å². The molecule has 4 rings (SSSR count). The number of carbonyl (C=O) groups is 1. The molecular formula is C18H30F2N4O4. The van der Waals surface area contributed by atoms with E-state index in [1.165, 1.54) is 0 Å². The number of hydrogen-bond donors (Lipinski definition) is 5. The molecule has 3 aliphatic heterocycles. The van der Waals surface area contributed by atoms with Crippen LogP contribution in [0, 0.1) is 17.8 Å². The number of nitrogens with one attached hydrogen (secondary N) is 4. The fourth-order valence-electron chi connectivity index (χ4n) is 5.07. The van der Waals surface area contributed by atoms with Gasteiger partial charge in [0.25, 0.3) is 6.43 Å². The zero-order chi connectivity index (χ0) is 19.7. The van der Waals surface area contributed by atoms with Gasteiger partial charge < -0.3 is 20.5 Å². The maximum absolute atomic E-state index is 12.8. The van der Waals surface area contributed by atoms with E-state index in [1.54, 1.807) is 0 Å². The van der Waals surface area contributed by atoms with E-state index >= 15 is 0 Å². The van der Waals surface area contributed by atoms with Crippen LogP contribution in [0.3, 0.4) is 0 Å². The molecule has 8 atom stereocenters. The van der Waals surface area contributed by atoms with Crippen molar-refractivity contribution in [2.24, 2.45) is 17.8 Å². The van der Waals surface area contributed by atoms with Crippen LogP contribution in [0.4, 0.5) is 8.78 Å². The molecule has 0 radical (unpaired) electrons. The summed E-state index contributed by atoms with van der Waals surface area (Å²) in [4.78, 5) is 17.6. The lowest BCUT2D eigenvalue weighted by Crippen LogP contribution is -2.50. The number of rotatable bonds is 5. The lowest BCUT2D eigenvalue weighted by Gasteiger charge is -2.36. The number of amides is 1. The minimum atomic E-state index is -2.57. The Hall–Kier alpha value is -0.910. The van der Waals surface area contributed by atoms with E-state index in [2.05, 4.69) is 21.4 Å². The van der Waals surface area contributed by atoms with Gasteiger partial charge in [-0.05, 0) is 44.6 Å². The largest absolute Gasteiger partial charge is 0.395 e. The second-order valence-corrected chi connectivity index (χ2v) is 8.41. The van der Waals surface area contributed by atoms with Crippen LogP contribution in [-0.4, -0.2) is 67.8 Å². The Balaban J connectivity index is 1.27. The minimum Gasteiger partial charge on any atom is -0.395 e. The second-order valence-electron chi connectivity index (χ2n) is 8.41. The minimum absolute atomic E-state index is 0.00419. The zero-order valence-electron chi connectivity index (χ0n) is 15.8. The fourth-order valence-corrected chi connectivity index (χ4v) is 5.07. The third-order valence-electron chi connectivity index (χ3n) is 6.67. The molecule has 160 valence electrons. The molecule has 8 nitrogen and oxygen atoms in total. The van der Waals surface area contributed by atoms with Crippen LogP contribution < -0.4 is 21.4 Å². The van der Waals surface area contributed by atoms with Gasteiger partial charge in [0.2, 0.25) is 5.91 Å². The number of carbonyl (C=O) groups excluding carboxylic acids is 1. The normalized spacial score (nSPS) is 43.9. The van der Waals surface area contributed by atoms with Crippen LogP contribution in [0.1, 0.15) is 32.1 Å². The summed E-state index contributed by atoms with van der Waals surface area (Å²) in [5, 5.41) is 18.5. The number of hydrogen-bond acceptors (Lipinski definition) is 7. The van der Waals surface area contributed by atoms with Gasteiger partial charge in [-0.3, -0.25) is 14.9 Å². The molecule has 1 saturated carbocycles. The molecular weight excluding hydrogens is 374 g/mol. The Kier molecular flexibility index (Phi) is 6.43. The van der Waals surface area contributed by atoms with Crippen LogP contribution in [0.5, 0.6) is 0 Å². The molecule has 0 spiro atoms. The Morgan fingerprint density at radius 2 is 2.11 bits per heavy atom. The topological polar surface area (TPSA) is 104 Å². The van der Waals surface area contributed by atoms with Crippen LogP contribution in [0.15, 0.2) is 0 Å². The highest BCUT2D eigenvalue weighted by atomic mass is 19.3. The summed E-state index contributed by atoms with van der Waals surface area (Å²) in [6.07, 6.45) is -0.207. The summed E-state index contributed by atoms with van der Waals surface area (Å²) in [6.45, 7) is 1.27. The van der Waals surface area contributed by atoms with Gasteiger partial charge >= 0.3 is 0 Å². The highest BCUT2D eigenvalue weighted by molar-refractivity contribution is 5.79. The molecule has 7 unspecified atom stereocenters. The van der Waals surface area contributed by atoms with Gasteiger partial charge in [0.05, 0.1) is 31.5 Å². The smallest absolute Gasteiger partial charge is 0.279 e. The van der Waals surface area contributed by atoms with Gasteiger partial charge in [0, 0.05) is 17.9 Å². The standard InChI is InChI=1S/C18H30F2N4O4/c19-15(20)18-23-16(24-28-18)9-1-2-12-13(8-27-14(12)6-9)22-17(26)10-3-4-21-11(5-10)7-25/h9-16,18,21,23-25H,1-8H2,(H,22,26)/t9?,10?,11?,12?,13-,14?,16?,18?/m1/s1. The maximum Gasteiger partial charge on any atom is 0.279 e. The first kappa shape index (κ1) is 20.4. The monoisotopic (exact) mass is 404 g/mol. The van der Waals surface area contributed by atoms with Gasteiger partial charge in [-0.15, -0.1) is 0 Å². The first-order valence-electron chi connectivity index (χ1n) is 10.3. The van der Waals surface area contributed by atoms with Gasteiger partial charge in [-0.1, -0.05) is 0 Å². The van der Waals surface area contributed by atoms with Crippen molar-refractivity contribution in [3.63, 3.8) is 0 Å². The van der Waals surface area contributed by atoms with Crippen molar-refractivity contribution in [2.45, 2.75) is 69.1 Å². The van der Waals surface area contributed by atoms with Gasteiger partial charge in [0.1, 0.15) is 0 Å². The second kappa shape index (κ2) is 8.85. The first-order chi connectivity index (χ1) is 13.5. The number of alkyl halides is 2. The number of aliphatic hydroxyl groups excluding tert-OH is 1. The molecule has 0 aromatic carbocycles. The summed E-state index contributed by atoms with van der Waals surface area (Å²) in [6, 6.07) is -0.0197. The average molecular weight is 404 g/mol. The summed E-state index contributed by atoms with van der Waals surface area (Å²) in [7, 11) is 0. The molecule has 4 aliphatic rings. The Morgan fingerprint density at radius 1 is 1.25 bits per heavy atom. The first-order valence-corrected chi connectivity index (χ1v) is 10.3. The molecule has 5 N–H and O–H groups in total. The third-order valence-corrected chi connectivity index (χ3v) is 6.67. The van der Waals surface area contributed by atoms with Crippen molar-refractivity contribution in [3.05, 3.63) is 0 Å². The van der Waals surface area contributed by atoms with Gasteiger partial charge in [0.15, 0.2) is 6.23 Å². The third kappa shape index (κ3) is 4.31. The fraction of sp³-hybridized carbons (Fsp3) is 0.944. The summed E-state index contributed by atoms with van der Waals surface area (Å²) in [5.41, 5.74) is 2.69. The number of hydroxylamine groups is 1. The Morgan fingerprint density at radius 3 is 2.86 bits per heavy atom. The van der Waals surface area contributed by atoms with Gasteiger partial charge in [-0.2, -0.15) is 5.48 Å². The zero-order valence-corrected chi connectivity index (χ0v) is 15.8. The van der Waals surface area contributed by atoms with E-state index in [1.807, 2.05) is 0 Å². The van der Waals surface area contributed by atoms with E-state index in [0.717, 1.165) is 32.2 Å². The van der Waals surface area contributed by atoms with E-state index in [4.69, 9.17) is 9.57 Å². The number of piperidine rings is 1. The molecule has 10 heteroatoms. The summed E-state index contributed by atoms with van der Waals surface area (Å²) in [5.74, 6) is 0.366. The molecule has 3 saturated heterocycles. The van der Waals surface area contributed by atoms with E-state index < -0.39 is 12.7 Å². The van der Waals surface area contributed by atoms with Crippen molar-refractivity contribution in [3.8, 4) is 0 Å². The molecule has 1 aliphatic carbocycles. The lowest BCUT2D eigenvalue weighted by molar-refractivity contribution is -0.127. The van der Waals surface area contributed by atoms with Gasteiger partial charge in [-0.25, -0.2) is 8.78 Å². The molecule has 1 amide bonds. The average Bonchev–Trinajstić information content (AvgIpc) is 3.35. The maximum atomic E-state index is 12.8.